The van der Waals surface area contributed by atoms with E-state index in [1.54, 1.807) is 0 Å². The maximum Gasteiger partial charge on any atom is 0.401 e. The van der Waals surface area contributed by atoms with E-state index in [2.05, 4.69) is 17.5 Å². The van der Waals surface area contributed by atoms with E-state index in [-0.39, 0.29) is 6.04 Å². The number of hydrogen-bond donors (Lipinski definition) is 1. The number of hydrogen-bond acceptors (Lipinski definition) is 1. The molecule has 1 N–H and O–H groups in total. The number of rotatable bonds is 3. The fourth-order valence-electron chi connectivity index (χ4n) is 2.83. The predicted octanol–water partition coefficient (Wildman–Crippen LogP) is 2.74. The zero-order chi connectivity index (χ0) is 11.1. The third-order valence-electron chi connectivity index (χ3n) is 3.60. The van der Waals surface area contributed by atoms with Crippen molar-refractivity contribution < 1.29 is 13.2 Å². The molecule has 2 bridgehead atoms. The van der Waals surface area contributed by atoms with Crippen LogP contribution >= 0.6 is 0 Å². The van der Waals surface area contributed by atoms with Crippen molar-refractivity contribution in [3.63, 3.8) is 0 Å². The minimum atomic E-state index is -4.10. The molecule has 1 saturated carbocycles. The molecule has 4 atom stereocenters. The second-order valence-corrected chi connectivity index (χ2v) is 4.73. The summed E-state index contributed by atoms with van der Waals surface area (Å²) in [5.41, 5.74) is 0. The zero-order valence-corrected chi connectivity index (χ0v) is 8.72. The van der Waals surface area contributed by atoms with Gasteiger partial charge in [0.05, 0.1) is 6.54 Å². The Morgan fingerprint density at radius 2 is 2.07 bits per heavy atom. The van der Waals surface area contributed by atoms with Crippen LogP contribution in [0.4, 0.5) is 13.2 Å². The summed E-state index contributed by atoms with van der Waals surface area (Å²) >= 11 is 0. The van der Waals surface area contributed by atoms with Gasteiger partial charge >= 0.3 is 6.18 Å². The van der Waals surface area contributed by atoms with Crippen molar-refractivity contribution in [3.8, 4) is 0 Å². The SMILES string of the molecule is CC(NCC(F)(F)F)C1CC2C=CC1C2. The van der Waals surface area contributed by atoms with Crippen LogP contribution in [0.25, 0.3) is 0 Å². The van der Waals surface area contributed by atoms with Crippen LogP contribution < -0.4 is 5.32 Å². The largest absolute Gasteiger partial charge is 0.401 e. The lowest BCUT2D eigenvalue weighted by atomic mass is 9.87. The molecule has 0 aromatic rings. The van der Waals surface area contributed by atoms with Crippen LogP contribution in [0.1, 0.15) is 19.8 Å². The van der Waals surface area contributed by atoms with Crippen LogP contribution in [-0.4, -0.2) is 18.8 Å². The molecule has 2 rings (SSSR count). The molecule has 0 spiro atoms. The second-order valence-electron chi connectivity index (χ2n) is 4.73. The fourth-order valence-corrected chi connectivity index (χ4v) is 2.83. The van der Waals surface area contributed by atoms with E-state index in [9.17, 15) is 13.2 Å². The summed E-state index contributed by atoms with van der Waals surface area (Å²) in [4.78, 5) is 0. The average Bonchev–Trinajstić information content (AvgIpc) is 2.73. The second kappa shape index (κ2) is 3.81. The first-order valence-corrected chi connectivity index (χ1v) is 5.44. The van der Waals surface area contributed by atoms with E-state index in [0.717, 1.165) is 12.8 Å². The Balaban J connectivity index is 1.82. The van der Waals surface area contributed by atoms with Gasteiger partial charge in [0.1, 0.15) is 0 Å². The van der Waals surface area contributed by atoms with Gasteiger partial charge in [0.15, 0.2) is 0 Å². The quantitative estimate of drug-likeness (QED) is 0.720. The molecule has 2 aliphatic rings. The predicted molar refractivity (Wildman–Crippen MR) is 52.4 cm³/mol. The first-order valence-electron chi connectivity index (χ1n) is 5.44. The smallest absolute Gasteiger partial charge is 0.306 e. The van der Waals surface area contributed by atoms with Crippen molar-refractivity contribution in [1.82, 2.24) is 5.32 Å². The maximum atomic E-state index is 12.0. The molecule has 1 fully saturated rings. The summed E-state index contributed by atoms with van der Waals surface area (Å²) in [5, 5.41) is 2.59. The van der Waals surface area contributed by atoms with E-state index >= 15 is 0 Å². The highest BCUT2D eigenvalue weighted by atomic mass is 19.4. The Morgan fingerprint density at radius 1 is 1.33 bits per heavy atom. The van der Waals surface area contributed by atoms with Crippen molar-refractivity contribution in [2.45, 2.75) is 32.0 Å². The van der Waals surface area contributed by atoms with Gasteiger partial charge in [0.2, 0.25) is 0 Å². The van der Waals surface area contributed by atoms with Gasteiger partial charge in [0.25, 0.3) is 0 Å². The van der Waals surface area contributed by atoms with Crippen molar-refractivity contribution in [3.05, 3.63) is 12.2 Å². The summed E-state index contributed by atoms with van der Waals surface area (Å²) in [6.07, 6.45) is 2.47. The molecule has 2 aliphatic carbocycles. The summed E-state index contributed by atoms with van der Waals surface area (Å²) in [7, 11) is 0. The van der Waals surface area contributed by atoms with Gasteiger partial charge in [0, 0.05) is 6.04 Å². The van der Waals surface area contributed by atoms with Crippen LogP contribution in [-0.2, 0) is 0 Å². The molecule has 0 heterocycles. The molecule has 0 aromatic carbocycles. The van der Waals surface area contributed by atoms with E-state index < -0.39 is 12.7 Å². The highest BCUT2D eigenvalue weighted by Crippen LogP contribution is 2.44. The Hall–Kier alpha value is -0.510. The molecule has 1 nitrogen and oxygen atoms in total. The number of allylic oxidation sites excluding steroid dienone is 2. The van der Waals surface area contributed by atoms with Crippen molar-refractivity contribution in [2.75, 3.05) is 6.54 Å². The minimum absolute atomic E-state index is 0.0356. The zero-order valence-electron chi connectivity index (χ0n) is 8.72. The van der Waals surface area contributed by atoms with E-state index in [0.29, 0.717) is 17.8 Å². The van der Waals surface area contributed by atoms with Gasteiger partial charge in [-0.15, -0.1) is 0 Å². The van der Waals surface area contributed by atoms with Crippen LogP contribution in [0, 0.1) is 17.8 Å². The van der Waals surface area contributed by atoms with Crippen molar-refractivity contribution >= 4 is 0 Å². The lowest BCUT2D eigenvalue weighted by molar-refractivity contribution is -0.126. The van der Waals surface area contributed by atoms with Crippen LogP contribution in [0.2, 0.25) is 0 Å². The maximum absolute atomic E-state index is 12.0. The van der Waals surface area contributed by atoms with E-state index in [1.807, 2.05) is 6.92 Å². The molecule has 0 aromatic heterocycles. The first-order chi connectivity index (χ1) is 6.96. The van der Waals surface area contributed by atoms with Crippen molar-refractivity contribution in [1.29, 1.82) is 0 Å². The highest BCUT2D eigenvalue weighted by Gasteiger charge is 2.39. The van der Waals surface area contributed by atoms with E-state index in [1.165, 1.54) is 0 Å². The van der Waals surface area contributed by atoms with Crippen molar-refractivity contribution in [2.24, 2.45) is 17.8 Å². The third-order valence-corrected chi connectivity index (χ3v) is 3.60. The number of halogens is 3. The van der Waals surface area contributed by atoms with Crippen LogP contribution in [0.15, 0.2) is 12.2 Å². The van der Waals surface area contributed by atoms with Gasteiger partial charge in [-0.1, -0.05) is 12.2 Å². The summed E-state index contributed by atoms with van der Waals surface area (Å²) in [6, 6.07) is -0.0356. The molecule has 86 valence electrons. The van der Waals surface area contributed by atoms with Gasteiger partial charge in [-0.25, -0.2) is 0 Å². The van der Waals surface area contributed by atoms with Gasteiger partial charge in [-0.2, -0.15) is 13.2 Å². The summed E-state index contributed by atoms with van der Waals surface area (Å²) in [5.74, 6) is 1.52. The number of alkyl halides is 3. The monoisotopic (exact) mass is 219 g/mol. The Morgan fingerprint density at radius 3 is 2.53 bits per heavy atom. The topological polar surface area (TPSA) is 12.0 Å². The molecule has 15 heavy (non-hydrogen) atoms. The number of nitrogens with one attached hydrogen (secondary N) is 1. The molecule has 0 radical (unpaired) electrons. The van der Waals surface area contributed by atoms with Gasteiger partial charge in [-0.3, -0.25) is 0 Å². The minimum Gasteiger partial charge on any atom is -0.306 e. The van der Waals surface area contributed by atoms with Crippen LogP contribution in [0.5, 0.6) is 0 Å². The molecular formula is C11H16F3N. The van der Waals surface area contributed by atoms with E-state index in [4.69, 9.17) is 0 Å². The van der Waals surface area contributed by atoms with Crippen LogP contribution in [0.3, 0.4) is 0 Å². The van der Waals surface area contributed by atoms with Gasteiger partial charge < -0.3 is 5.32 Å². The Labute approximate surface area is 87.7 Å². The molecule has 0 aliphatic heterocycles. The average molecular weight is 219 g/mol. The standard InChI is InChI=1S/C11H16F3N/c1-7(15-6-11(12,13)14)10-5-8-2-3-9(10)4-8/h2-3,7-10,15H,4-6H2,1H3. The normalized spacial score (nSPS) is 36.1. The Bertz CT molecular complexity index is 259. The molecule has 0 saturated heterocycles. The fraction of sp³-hybridized carbons (Fsp3) is 0.818. The molecule has 4 heteroatoms. The highest BCUT2D eigenvalue weighted by molar-refractivity contribution is 5.11. The molecule has 0 amide bonds. The summed E-state index contributed by atoms with van der Waals surface area (Å²) < 4.78 is 36.0. The first kappa shape index (κ1) is 11.0. The Kier molecular flexibility index (Phi) is 2.79. The molecular weight excluding hydrogens is 203 g/mol. The molecule has 4 unspecified atom stereocenters. The lowest BCUT2D eigenvalue weighted by Gasteiger charge is -2.26. The van der Waals surface area contributed by atoms with Gasteiger partial charge in [-0.05, 0) is 37.5 Å². The third kappa shape index (κ3) is 2.54. The summed E-state index contributed by atoms with van der Waals surface area (Å²) in [6.45, 7) is 0.997. The number of fused-ring (bicyclic) bond motifs is 2. The lowest BCUT2D eigenvalue weighted by Crippen LogP contribution is -2.40.